The van der Waals surface area contributed by atoms with Crippen LogP contribution in [0.1, 0.15) is 38.7 Å². The summed E-state index contributed by atoms with van der Waals surface area (Å²) in [7, 11) is 0. The summed E-state index contributed by atoms with van der Waals surface area (Å²) < 4.78 is 10.8. The molecule has 0 aliphatic carbocycles. The zero-order valence-corrected chi connectivity index (χ0v) is 20.2. The first kappa shape index (κ1) is 27.5. The van der Waals surface area contributed by atoms with Crippen molar-refractivity contribution in [3.8, 4) is 0 Å². The van der Waals surface area contributed by atoms with E-state index in [0.717, 1.165) is 5.56 Å². The molecule has 2 rings (SSSR count). The molecule has 0 spiro atoms. The Labute approximate surface area is 202 Å². The van der Waals surface area contributed by atoms with Crippen molar-refractivity contribution in [2.45, 2.75) is 45.6 Å². The minimum absolute atomic E-state index is 0.0498. The fourth-order valence-electron chi connectivity index (χ4n) is 3.68. The lowest BCUT2D eigenvalue weighted by Gasteiger charge is -2.26. The highest BCUT2D eigenvalue weighted by Crippen LogP contribution is 2.19. The van der Waals surface area contributed by atoms with E-state index < -0.39 is 5.92 Å². The van der Waals surface area contributed by atoms with Gasteiger partial charge in [-0.3, -0.25) is 14.4 Å². The highest BCUT2D eigenvalue weighted by molar-refractivity contribution is 5.86. The van der Waals surface area contributed by atoms with Gasteiger partial charge in [-0.05, 0) is 30.7 Å². The van der Waals surface area contributed by atoms with E-state index in [1.165, 1.54) is 0 Å². The van der Waals surface area contributed by atoms with Crippen molar-refractivity contribution in [1.29, 1.82) is 0 Å². The third kappa shape index (κ3) is 10.1. The van der Waals surface area contributed by atoms with Crippen LogP contribution >= 0.6 is 0 Å². The Bertz CT molecular complexity index is 796. The van der Waals surface area contributed by atoms with Crippen LogP contribution in [0, 0.1) is 17.8 Å². The predicted molar refractivity (Wildman–Crippen MR) is 129 cm³/mol. The highest BCUT2D eigenvalue weighted by Gasteiger charge is 2.27. The van der Waals surface area contributed by atoms with E-state index in [9.17, 15) is 14.4 Å². The molecule has 8 nitrogen and oxygen atoms in total. The summed E-state index contributed by atoms with van der Waals surface area (Å²) in [6.07, 6.45) is 5.30. The van der Waals surface area contributed by atoms with Gasteiger partial charge in [0, 0.05) is 13.0 Å². The fourth-order valence-corrected chi connectivity index (χ4v) is 3.68. The normalized spacial score (nSPS) is 21.8. The number of aliphatic hydroxyl groups is 1. The standard InChI is InChI=1S/C26H38N2O6/c1-19(2)23-18-34-26(32)22(16-20-8-4-3-5-9-20)11-7-6-10-21(25(31)28-23)17-24(30)27-12-14-33-15-13-29/h3-9,19,21-23,29H,10-18H2,1-2H3,(H,27,30)(H,28,31)/t21-,22-,23-/m1/s1. The van der Waals surface area contributed by atoms with Crippen molar-refractivity contribution in [1.82, 2.24) is 10.6 Å². The van der Waals surface area contributed by atoms with Gasteiger partial charge in [-0.15, -0.1) is 0 Å². The lowest BCUT2D eigenvalue weighted by Crippen LogP contribution is -2.46. The van der Waals surface area contributed by atoms with Crippen molar-refractivity contribution < 1.29 is 29.0 Å². The van der Waals surface area contributed by atoms with Crippen LogP contribution in [-0.4, -0.2) is 61.9 Å². The monoisotopic (exact) mass is 474 g/mol. The van der Waals surface area contributed by atoms with E-state index in [1.54, 1.807) is 0 Å². The van der Waals surface area contributed by atoms with Crippen molar-refractivity contribution in [3.63, 3.8) is 0 Å². The lowest BCUT2D eigenvalue weighted by atomic mass is 9.93. The first-order valence-electron chi connectivity index (χ1n) is 12.0. The van der Waals surface area contributed by atoms with Crippen molar-refractivity contribution in [3.05, 3.63) is 48.0 Å². The molecule has 0 bridgehead atoms. The first-order chi connectivity index (χ1) is 16.4. The van der Waals surface area contributed by atoms with E-state index >= 15 is 0 Å². The summed E-state index contributed by atoms with van der Waals surface area (Å²) in [5.41, 5.74) is 1.07. The predicted octanol–water partition coefficient (Wildman–Crippen LogP) is 2.01. The quantitative estimate of drug-likeness (QED) is 0.272. The SMILES string of the molecule is CC(C)[C@H]1COC(=O)[C@@H](Cc2ccccc2)CC=CC[C@H](CC(=O)NCCOCCO)C(=O)N1. The maximum absolute atomic E-state index is 13.0. The molecular weight excluding hydrogens is 436 g/mol. The van der Waals surface area contributed by atoms with Crippen LogP contribution in [0.4, 0.5) is 0 Å². The summed E-state index contributed by atoms with van der Waals surface area (Å²) >= 11 is 0. The molecule has 0 radical (unpaired) electrons. The van der Waals surface area contributed by atoms with Gasteiger partial charge >= 0.3 is 5.97 Å². The second kappa shape index (κ2) is 15.2. The number of carbonyl (C=O) groups excluding carboxylic acids is 3. The third-order valence-electron chi connectivity index (χ3n) is 5.81. The Hall–Kier alpha value is -2.71. The molecule has 1 heterocycles. The number of hydrogen-bond acceptors (Lipinski definition) is 6. The van der Waals surface area contributed by atoms with Crippen LogP contribution in [0.15, 0.2) is 42.5 Å². The Balaban J connectivity index is 2.06. The average molecular weight is 475 g/mol. The second-order valence-electron chi connectivity index (χ2n) is 8.91. The molecule has 0 aromatic heterocycles. The molecule has 0 unspecified atom stereocenters. The van der Waals surface area contributed by atoms with Gasteiger partial charge in [0.1, 0.15) is 6.61 Å². The summed E-state index contributed by atoms with van der Waals surface area (Å²) in [6, 6.07) is 9.49. The molecule has 188 valence electrons. The number of esters is 1. The number of aliphatic hydroxyl groups excluding tert-OH is 1. The number of hydrogen-bond donors (Lipinski definition) is 3. The molecule has 34 heavy (non-hydrogen) atoms. The molecule has 1 aliphatic heterocycles. The van der Waals surface area contributed by atoms with Gasteiger partial charge in [0.05, 0.1) is 37.7 Å². The molecule has 0 saturated heterocycles. The Morgan fingerprint density at radius 1 is 1.15 bits per heavy atom. The topological polar surface area (TPSA) is 114 Å². The molecule has 0 fully saturated rings. The average Bonchev–Trinajstić information content (AvgIpc) is 2.82. The number of cyclic esters (lactones) is 1. The zero-order valence-electron chi connectivity index (χ0n) is 20.2. The third-order valence-corrected chi connectivity index (χ3v) is 5.81. The number of rotatable bonds is 10. The summed E-state index contributed by atoms with van der Waals surface area (Å²) in [5, 5.41) is 14.5. The Kier molecular flexibility index (Phi) is 12.3. The number of amides is 2. The maximum Gasteiger partial charge on any atom is 0.309 e. The van der Waals surface area contributed by atoms with Crippen molar-refractivity contribution in [2.24, 2.45) is 17.8 Å². The molecule has 3 N–H and O–H groups in total. The van der Waals surface area contributed by atoms with E-state index in [-0.39, 0.29) is 61.9 Å². The number of carbonyl (C=O) groups is 3. The summed E-state index contributed by atoms with van der Waals surface area (Å²) in [4.78, 5) is 38.2. The van der Waals surface area contributed by atoms with Gasteiger partial charge in [0.25, 0.3) is 0 Å². The minimum Gasteiger partial charge on any atom is -0.463 e. The van der Waals surface area contributed by atoms with Crippen LogP contribution in [0.3, 0.4) is 0 Å². The van der Waals surface area contributed by atoms with Crippen LogP contribution in [0.5, 0.6) is 0 Å². The molecule has 0 saturated carbocycles. The second-order valence-corrected chi connectivity index (χ2v) is 8.91. The molecule has 2 amide bonds. The Morgan fingerprint density at radius 2 is 1.85 bits per heavy atom. The van der Waals surface area contributed by atoms with Crippen LogP contribution in [0.25, 0.3) is 0 Å². The number of ether oxygens (including phenoxy) is 2. The van der Waals surface area contributed by atoms with Gasteiger partial charge < -0.3 is 25.2 Å². The van der Waals surface area contributed by atoms with E-state index in [0.29, 0.717) is 32.4 Å². The summed E-state index contributed by atoms with van der Waals surface area (Å²) in [5.74, 6) is -1.52. The van der Waals surface area contributed by atoms with Gasteiger partial charge in [0.2, 0.25) is 11.8 Å². The van der Waals surface area contributed by atoms with E-state index in [1.807, 2.05) is 56.3 Å². The van der Waals surface area contributed by atoms with Gasteiger partial charge in [0.15, 0.2) is 0 Å². The maximum atomic E-state index is 13.0. The first-order valence-corrected chi connectivity index (χ1v) is 12.0. The highest BCUT2D eigenvalue weighted by atomic mass is 16.5. The van der Waals surface area contributed by atoms with Crippen LogP contribution < -0.4 is 10.6 Å². The summed E-state index contributed by atoms with van der Waals surface area (Å²) in [6.45, 7) is 4.78. The van der Waals surface area contributed by atoms with E-state index in [4.69, 9.17) is 14.6 Å². The number of benzene rings is 1. The molecule has 1 aromatic rings. The number of nitrogens with one attached hydrogen (secondary N) is 2. The van der Waals surface area contributed by atoms with Gasteiger partial charge in [-0.25, -0.2) is 0 Å². The zero-order chi connectivity index (χ0) is 24.8. The smallest absolute Gasteiger partial charge is 0.309 e. The fraction of sp³-hybridized carbons (Fsp3) is 0.577. The Morgan fingerprint density at radius 3 is 2.53 bits per heavy atom. The molecular formula is C26H38N2O6. The van der Waals surface area contributed by atoms with Gasteiger partial charge in [-0.2, -0.15) is 0 Å². The largest absolute Gasteiger partial charge is 0.463 e. The molecule has 8 heteroatoms. The number of allylic oxidation sites excluding steroid dienone is 2. The molecule has 1 aromatic carbocycles. The molecule has 3 atom stereocenters. The molecule has 1 aliphatic rings. The van der Waals surface area contributed by atoms with Crippen LogP contribution in [-0.2, 0) is 30.3 Å². The lowest BCUT2D eigenvalue weighted by molar-refractivity contribution is -0.150. The van der Waals surface area contributed by atoms with Crippen molar-refractivity contribution >= 4 is 17.8 Å². The van der Waals surface area contributed by atoms with E-state index in [2.05, 4.69) is 10.6 Å². The van der Waals surface area contributed by atoms with Crippen LogP contribution in [0.2, 0.25) is 0 Å². The van der Waals surface area contributed by atoms with Gasteiger partial charge in [-0.1, -0.05) is 56.3 Å². The minimum atomic E-state index is -0.529. The van der Waals surface area contributed by atoms with Crippen molar-refractivity contribution in [2.75, 3.05) is 33.0 Å².